The van der Waals surface area contributed by atoms with E-state index in [1.54, 1.807) is 37.3 Å². The molecule has 0 spiro atoms. The van der Waals surface area contributed by atoms with Gasteiger partial charge in [0.05, 0.1) is 25.4 Å². The third-order valence-electron chi connectivity index (χ3n) is 4.12. The maximum Gasteiger partial charge on any atom is 0.224 e. The van der Waals surface area contributed by atoms with Crippen molar-refractivity contribution < 1.29 is 14.3 Å². The molecule has 0 saturated heterocycles. The number of aliphatic hydroxyl groups is 1. The molecule has 1 unspecified atom stereocenters. The van der Waals surface area contributed by atoms with Crippen LogP contribution in [0, 0.1) is 6.92 Å². The lowest BCUT2D eigenvalue weighted by Crippen LogP contribution is -2.39. The van der Waals surface area contributed by atoms with E-state index in [9.17, 15) is 9.90 Å². The van der Waals surface area contributed by atoms with Gasteiger partial charge in [0.15, 0.2) is 0 Å². The minimum atomic E-state index is -1.17. The second-order valence-corrected chi connectivity index (χ2v) is 6.39. The smallest absolute Gasteiger partial charge is 0.224 e. The lowest BCUT2D eigenvalue weighted by molar-refractivity contribution is -0.121. The standard InChI is InChI=1S/C18H21N3O3/c1-12-4-5-15-13(10-24-16(15)6-12)7-17(22)19-11-18(2,23)14-8-20-21(3)9-14/h4-6,8-10,23H,7,11H2,1-3H3,(H,19,22). The van der Waals surface area contributed by atoms with Crippen molar-refractivity contribution >= 4 is 16.9 Å². The fourth-order valence-electron chi connectivity index (χ4n) is 2.63. The molecular formula is C18H21N3O3. The lowest BCUT2D eigenvalue weighted by atomic mass is 9.99. The van der Waals surface area contributed by atoms with Gasteiger partial charge in [-0.1, -0.05) is 12.1 Å². The molecule has 1 atom stereocenters. The van der Waals surface area contributed by atoms with Crippen LogP contribution in [0.15, 0.2) is 41.3 Å². The molecule has 2 aromatic heterocycles. The van der Waals surface area contributed by atoms with Crippen molar-refractivity contribution in [2.45, 2.75) is 25.9 Å². The summed E-state index contributed by atoms with van der Waals surface area (Å²) < 4.78 is 7.12. The first-order valence-electron chi connectivity index (χ1n) is 7.80. The minimum absolute atomic E-state index is 0.117. The average molecular weight is 327 g/mol. The summed E-state index contributed by atoms with van der Waals surface area (Å²) >= 11 is 0. The molecule has 0 saturated carbocycles. The van der Waals surface area contributed by atoms with Crippen LogP contribution >= 0.6 is 0 Å². The summed E-state index contributed by atoms with van der Waals surface area (Å²) in [5.41, 5.74) is 2.22. The normalized spacial score (nSPS) is 13.8. The van der Waals surface area contributed by atoms with E-state index in [1.807, 2.05) is 25.1 Å². The van der Waals surface area contributed by atoms with Gasteiger partial charge in [0.1, 0.15) is 11.2 Å². The number of hydrogen-bond acceptors (Lipinski definition) is 4. The number of carbonyl (C=O) groups excluding carboxylic acids is 1. The highest BCUT2D eigenvalue weighted by Crippen LogP contribution is 2.23. The number of carbonyl (C=O) groups is 1. The number of furan rings is 1. The van der Waals surface area contributed by atoms with Gasteiger partial charge < -0.3 is 14.8 Å². The first-order valence-corrected chi connectivity index (χ1v) is 7.80. The molecule has 2 N–H and O–H groups in total. The SMILES string of the molecule is Cc1ccc2c(CC(=O)NCC(C)(O)c3cnn(C)c3)coc2c1. The Morgan fingerprint density at radius 1 is 1.46 bits per heavy atom. The van der Waals surface area contributed by atoms with Crippen LogP contribution in [0.25, 0.3) is 11.0 Å². The van der Waals surface area contributed by atoms with E-state index in [1.165, 1.54) is 0 Å². The van der Waals surface area contributed by atoms with E-state index < -0.39 is 5.60 Å². The molecule has 0 aliphatic carbocycles. The largest absolute Gasteiger partial charge is 0.464 e. The average Bonchev–Trinajstić information content (AvgIpc) is 3.12. The highest BCUT2D eigenvalue weighted by Gasteiger charge is 2.25. The number of amides is 1. The molecule has 0 bridgehead atoms. The number of nitrogens with zero attached hydrogens (tertiary/aromatic N) is 2. The van der Waals surface area contributed by atoms with Crippen molar-refractivity contribution in [1.82, 2.24) is 15.1 Å². The van der Waals surface area contributed by atoms with Gasteiger partial charge in [-0.2, -0.15) is 5.10 Å². The van der Waals surface area contributed by atoms with Gasteiger partial charge in [-0.05, 0) is 25.5 Å². The molecule has 2 heterocycles. The molecule has 6 heteroatoms. The Labute approximate surface area is 140 Å². The Morgan fingerprint density at radius 2 is 2.25 bits per heavy atom. The number of aromatic nitrogens is 2. The van der Waals surface area contributed by atoms with E-state index in [-0.39, 0.29) is 18.9 Å². The van der Waals surface area contributed by atoms with E-state index in [0.29, 0.717) is 5.56 Å². The first kappa shape index (κ1) is 16.3. The van der Waals surface area contributed by atoms with Gasteiger partial charge in [0, 0.05) is 29.8 Å². The second kappa shape index (κ2) is 6.13. The summed E-state index contributed by atoms with van der Waals surface area (Å²) in [5.74, 6) is -0.164. The summed E-state index contributed by atoms with van der Waals surface area (Å²) in [7, 11) is 1.78. The van der Waals surface area contributed by atoms with Gasteiger partial charge in [0.25, 0.3) is 0 Å². The molecule has 6 nitrogen and oxygen atoms in total. The Balaban J connectivity index is 1.65. The summed E-state index contributed by atoms with van der Waals surface area (Å²) in [6, 6.07) is 5.90. The fraction of sp³-hybridized carbons (Fsp3) is 0.333. The number of nitrogens with one attached hydrogen (secondary N) is 1. The summed E-state index contributed by atoms with van der Waals surface area (Å²) in [6.45, 7) is 3.77. The van der Waals surface area contributed by atoms with Crippen LogP contribution in [-0.2, 0) is 23.9 Å². The van der Waals surface area contributed by atoms with Crippen LogP contribution in [0.4, 0.5) is 0 Å². The lowest BCUT2D eigenvalue weighted by Gasteiger charge is -2.22. The molecule has 3 rings (SSSR count). The highest BCUT2D eigenvalue weighted by atomic mass is 16.3. The molecule has 0 radical (unpaired) electrons. The van der Waals surface area contributed by atoms with E-state index >= 15 is 0 Å². The third kappa shape index (κ3) is 3.33. The van der Waals surface area contributed by atoms with E-state index in [0.717, 1.165) is 22.1 Å². The van der Waals surface area contributed by atoms with Gasteiger partial charge in [-0.25, -0.2) is 0 Å². The molecule has 0 fully saturated rings. The predicted octanol–water partition coefficient (Wildman–Crippen LogP) is 2.04. The van der Waals surface area contributed by atoms with Crippen LogP contribution in [0.2, 0.25) is 0 Å². The van der Waals surface area contributed by atoms with Gasteiger partial charge in [0.2, 0.25) is 5.91 Å². The maximum atomic E-state index is 12.2. The van der Waals surface area contributed by atoms with Crippen molar-refractivity contribution in [1.29, 1.82) is 0 Å². The molecule has 0 aliphatic heterocycles. The number of fused-ring (bicyclic) bond motifs is 1. The van der Waals surface area contributed by atoms with Crippen molar-refractivity contribution in [3.63, 3.8) is 0 Å². The van der Waals surface area contributed by atoms with Crippen LogP contribution < -0.4 is 5.32 Å². The Morgan fingerprint density at radius 3 is 2.96 bits per heavy atom. The molecule has 24 heavy (non-hydrogen) atoms. The van der Waals surface area contributed by atoms with Crippen LogP contribution in [0.5, 0.6) is 0 Å². The van der Waals surface area contributed by atoms with Crippen LogP contribution in [0.1, 0.15) is 23.6 Å². The van der Waals surface area contributed by atoms with Gasteiger partial charge in [-0.15, -0.1) is 0 Å². The first-order chi connectivity index (χ1) is 11.3. The van der Waals surface area contributed by atoms with E-state index in [2.05, 4.69) is 10.4 Å². The molecule has 3 aromatic rings. The predicted molar refractivity (Wildman–Crippen MR) is 90.4 cm³/mol. The van der Waals surface area contributed by atoms with Crippen molar-refractivity contribution in [3.05, 3.63) is 53.5 Å². The van der Waals surface area contributed by atoms with Crippen molar-refractivity contribution in [2.24, 2.45) is 7.05 Å². The number of benzene rings is 1. The van der Waals surface area contributed by atoms with Gasteiger partial charge >= 0.3 is 0 Å². The third-order valence-corrected chi connectivity index (χ3v) is 4.12. The summed E-state index contributed by atoms with van der Waals surface area (Å²) in [4.78, 5) is 12.2. The van der Waals surface area contributed by atoms with Crippen LogP contribution in [0.3, 0.4) is 0 Å². The second-order valence-electron chi connectivity index (χ2n) is 6.39. The molecular weight excluding hydrogens is 306 g/mol. The number of aryl methyl sites for hydroxylation is 2. The van der Waals surface area contributed by atoms with Crippen LogP contribution in [-0.4, -0.2) is 27.3 Å². The quantitative estimate of drug-likeness (QED) is 0.751. The fourth-order valence-corrected chi connectivity index (χ4v) is 2.63. The van der Waals surface area contributed by atoms with Gasteiger partial charge in [-0.3, -0.25) is 9.48 Å². The zero-order chi connectivity index (χ0) is 17.3. The van der Waals surface area contributed by atoms with E-state index in [4.69, 9.17) is 4.42 Å². The minimum Gasteiger partial charge on any atom is -0.464 e. The molecule has 126 valence electrons. The molecule has 1 amide bonds. The Kier molecular flexibility index (Phi) is 4.15. The van der Waals surface area contributed by atoms with Crippen molar-refractivity contribution in [2.75, 3.05) is 6.54 Å². The molecule has 1 aromatic carbocycles. The maximum absolute atomic E-state index is 12.2. The monoisotopic (exact) mass is 327 g/mol. The van der Waals surface area contributed by atoms with Crippen molar-refractivity contribution in [3.8, 4) is 0 Å². The Hall–Kier alpha value is -2.60. The zero-order valence-corrected chi connectivity index (χ0v) is 14.0. The summed E-state index contributed by atoms with van der Waals surface area (Å²) in [6.07, 6.45) is 5.15. The molecule has 0 aliphatic rings. The summed E-state index contributed by atoms with van der Waals surface area (Å²) in [5, 5.41) is 18.3. The Bertz CT molecular complexity index is 877. The highest BCUT2D eigenvalue weighted by molar-refractivity contribution is 5.87. The topological polar surface area (TPSA) is 80.3 Å². The number of hydrogen-bond donors (Lipinski definition) is 2. The number of rotatable bonds is 5. The zero-order valence-electron chi connectivity index (χ0n) is 14.0.